The van der Waals surface area contributed by atoms with Gasteiger partial charge in [-0.3, -0.25) is 10.8 Å². The first-order chi connectivity index (χ1) is 13.6. The highest BCUT2D eigenvalue weighted by Gasteiger charge is 2.26. The molecule has 1 saturated heterocycles. The van der Waals surface area contributed by atoms with Crippen molar-refractivity contribution in [3.63, 3.8) is 0 Å². The molecule has 0 spiro atoms. The Balaban J connectivity index is 2.06. The zero-order chi connectivity index (χ0) is 21.6. The number of nitrogens with zero attached hydrogens (tertiary/aromatic N) is 3. The normalized spacial score (nSPS) is 15.4. The molecular weight excluding hydrogens is 377 g/mol. The van der Waals surface area contributed by atoms with Crippen LogP contribution in [-0.2, 0) is 4.74 Å². The molecule has 0 radical (unpaired) electrons. The average molecular weight is 403 g/mol. The number of anilines is 2. The number of ether oxygens (including phenoxy) is 1. The van der Waals surface area contributed by atoms with E-state index >= 15 is 0 Å². The first-order valence-electron chi connectivity index (χ1n) is 9.22. The topological polar surface area (TPSA) is 140 Å². The largest absolute Gasteiger partial charge is 0.444 e. The van der Waals surface area contributed by atoms with Crippen LogP contribution < -0.4 is 21.4 Å². The highest BCUT2D eigenvalue weighted by molar-refractivity contribution is 6.45. The summed E-state index contributed by atoms with van der Waals surface area (Å²) in [5, 5.41) is 22.9. The summed E-state index contributed by atoms with van der Waals surface area (Å²) in [4.78, 5) is 13.8. The first-order valence-corrected chi connectivity index (χ1v) is 9.22. The van der Waals surface area contributed by atoms with Crippen molar-refractivity contribution in [3.05, 3.63) is 24.0 Å². The lowest BCUT2D eigenvalue weighted by molar-refractivity contribution is 0.0497. The molecule has 156 valence electrons. The lowest BCUT2D eigenvalue weighted by Crippen LogP contribution is -2.46. The number of amides is 1. The van der Waals surface area contributed by atoms with Gasteiger partial charge < -0.3 is 20.7 Å². The molecule has 1 aliphatic heterocycles. The van der Waals surface area contributed by atoms with Gasteiger partial charge in [0.05, 0.1) is 11.4 Å². The Bertz CT molecular complexity index is 834. The molecule has 0 atom stereocenters. The summed E-state index contributed by atoms with van der Waals surface area (Å²) in [7, 11) is 0. The van der Waals surface area contributed by atoms with E-state index in [9.17, 15) is 9.18 Å². The fourth-order valence-electron chi connectivity index (χ4n) is 2.91. The Morgan fingerprint density at radius 3 is 2.62 bits per heavy atom. The number of rotatable bonds is 5. The molecule has 29 heavy (non-hydrogen) atoms. The number of nitrogens with one attached hydrogen (secondary N) is 3. The molecule has 0 bridgehead atoms. The van der Waals surface area contributed by atoms with E-state index in [-0.39, 0.29) is 11.8 Å². The molecule has 10 heteroatoms. The summed E-state index contributed by atoms with van der Waals surface area (Å²) < 4.78 is 19.8. The molecule has 9 nitrogen and oxygen atoms in total. The van der Waals surface area contributed by atoms with E-state index in [1.54, 1.807) is 32.9 Å². The number of piperidine rings is 1. The second-order valence-electron chi connectivity index (χ2n) is 7.64. The van der Waals surface area contributed by atoms with Crippen molar-refractivity contribution in [1.29, 1.82) is 10.7 Å². The Labute approximate surface area is 169 Å². The van der Waals surface area contributed by atoms with Gasteiger partial charge in [0.2, 0.25) is 5.71 Å². The smallest absolute Gasteiger partial charge is 0.407 e. The maximum atomic E-state index is 14.5. The average Bonchev–Trinajstić information content (AvgIpc) is 2.61. The fourth-order valence-corrected chi connectivity index (χ4v) is 2.91. The minimum atomic E-state index is -0.568. The minimum Gasteiger partial charge on any atom is -0.444 e. The first kappa shape index (κ1) is 21.9. The molecule has 2 rings (SSSR count). The van der Waals surface area contributed by atoms with Gasteiger partial charge in [-0.1, -0.05) is 6.07 Å². The lowest BCUT2D eigenvalue weighted by atomic mass is 10.0. The summed E-state index contributed by atoms with van der Waals surface area (Å²) >= 11 is 0. The predicted molar refractivity (Wildman–Crippen MR) is 110 cm³/mol. The van der Waals surface area contributed by atoms with Crippen LogP contribution in [0.5, 0.6) is 0 Å². The predicted octanol–water partition coefficient (Wildman–Crippen LogP) is 2.55. The number of carbonyl (C=O) groups excluding carboxylic acids is 1. The number of nitriles is 1. The molecule has 0 aromatic heterocycles. The van der Waals surface area contributed by atoms with Gasteiger partial charge in [-0.2, -0.15) is 10.4 Å². The Kier molecular flexibility index (Phi) is 6.98. The molecule has 1 aliphatic rings. The van der Waals surface area contributed by atoms with Crippen molar-refractivity contribution >= 4 is 29.0 Å². The number of para-hydroxylation sites is 1. The zero-order valence-corrected chi connectivity index (χ0v) is 16.8. The van der Waals surface area contributed by atoms with Crippen LogP contribution in [0, 0.1) is 22.6 Å². The van der Waals surface area contributed by atoms with E-state index in [1.165, 1.54) is 12.1 Å². The second-order valence-corrected chi connectivity index (χ2v) is 7.64. The zero-order valence-electron chi connectivity index (χ0n) is 16.8. The molecule has 0 unspecified atom stereocenters. The summed E-state index contributed by atoms with van der Waals surface area (Å²) in [5.41, 5.74) is 7.71. The molecule has 0 aliphatic carbocycles. The van der Waals surface area contributed by atoms with Crippen molar-refractivity contribution in [2.45, 2.75) is 45.3 Å². The van der Waals surface area contributed by atoms with Crippen LogP contribution in [0.15, 0.2) is 23.3 Å². The standard InChI is InChI=1S/C19H26FN7O2/c1-19(2,3)29-18(28)24-12-7-9-27(10-8-12)16-13(20)5-4-6-14(16)25-26-15(11-21)17(22)23/h4-6,12,25H,7-10H2,1-3H3,(H3,22,23)(H,24,28)/b26-15+. The van der Waals surface area contributed by atoms with E-state index < -0.39 is 23.3 Å². The van der Waals surface area contributed by atoms with Crippen molar-refractivity contribution in [1.82, 2.24) is 5.32 Å². The Morgan fingerprint density at radius 2 is 2.07 bits per heavy atom. The highest BCUT2D eigenvalue weighted by atomic mass is 19.1. The molecule has 1 amide bonds. The van der Waals surface area contributed by atoms with Crippen molar-refractivity contribution in [2.24, 2.45) is 10.8 Å². The van der Waals surface area contributed by atoms with E-state index in [2.05, 4.69) is 15.8 Å². The van der Waals surface area contributed by atoms with Crippen molar-refractivity contribution < 1.29 is 13.9 Å². The monoisotopic (exact) mass is 403 g/mol. The van der Waals surface area contributed by atoms with Gasteiger partial charge in [0.25, 0.3) is 0 Å². The Hall–Kier alpha value is -3.35. The van der Waals surface area contributed by atoms with E-state index in [1.807, 2.05) is 4.90 Å². The molecule has 1 heterocycles. The number of hydrogen-bond acceptors (Lipinski definition) is 7. The van der Waals surface area contributed by atoms with Crippen LogP contribution >= 0.6 is 0 Å². The quantitative estimate of drug-likeness (QED) is 0.338. The van der Waals surface area contributed by atoms with Crippen LogP contribution in [0.2, 0.25) is 0 Å². The van der Waals surface area contributed by atoms with Crippen LogP contribution in [0.1, 0.15) is 33.6 Å². The maximum absolute atomic E-state index is 14.5. The van der Waals surface area contributed by atoms with Gasteiger partial charge in [0.1, 0.15) is 17.5 Å². The van der Waals surface area contributed by atoms with E-state index in [0.29, 0.717) is 37.3 Å². The lowest BCUT2D eigenvalue weighted by Gasteiger charge is -2.35. The Morgan fingerprint density at radius 1 is 1.41 bits per heavy atom. The van der Waals surface area contributed by atoms with Gasteiger partial charge in [0, 0.05) is 19.1 Å². The third-order valence-corrected chi connectivity index (χ3v) is 4.17. The summed E-state index contributed by atoms with van der Waals surface area (Å²) in [6.45, 7) is 6.42. The van der Waals surface area contributed by atoms with Gasteiger partial charge in [0.15, 0.2) is 5.84 Å². The van der Waals surface area contributed by atoms with Crippen LogP contribution in [0.4, 0.5) is 20.6 Å². The number of halogens is 1. The third-order valence-electron chi connectivity index (χ3n) is 4.17. The molecule has 1 aromatic rings. The fraction of sp³-hybridized carbons (Fsp3) is 0.474. The highest BCUT2D eigenvalue weighted by Crippen LogP contribution is 2.31. The molecule has 1 aromatic carbocycles. The van der Waals surface area contributed by atoms with E-state index in [0.717, 1.165) is 0 Å². The molecular formula is C19H26FN7O2. The van der Waals surface area contributed by atoms with Crippen LogP contribution in [0.3, 0.4) is 0 Å². The molecule has 5 N–H and O–H groups in total. The molecule has 1 fully saturated rings. The molecule has 0 saturated carbocycles. The second kappa shape index (κ2) is 9.23. The minimum absolute atomic E-state index is 0.0646. The van der Waals surface area contributed by atoms with Gasteiger partial charge in [-0.25, -0.2) is 9.18 Å². The maximum Gasteiger partial charge on any atom is 0.407 e. The number of amidine groups is 1. The number of nitrogens with two attached hydrogens (primary N) is 1. The van der Waals surface area contributed by atoms with Crippen molar-refractivity contribution in [2.75, 3.05) is 23.4 Å². The third kappa shape index (κ3) is 6.34. The number of hydrazone groups is 1. The van der Waals surface area contributed by atoms with Crippen molar-refractivity contribution in [3.8, 4) is 6.07 Å². The summed E-state index contributed by atoms with van der Waals surface area (Å²) in [6, 6.07) is 6.13. The SMILES string of the molecule is CC(C)(C)OC(=O)NC1CCN(c2c(F)cccc2N/N=C(\C#N)C(=N)N)CC1. The number of carbonyl (C=O) groups is 1. The van der Waals surface area contributed by atoms with E-state index in [4.69, 9.17) is 21.1 Å². The number of hydrogen-bond donors (Lipinski definition) is 4. The van der Waals surface area contributed by atoms with Crippen LogP contribution in [0.25, 0.3) is 0 Å². The number of benzene rings is 1. The van der Waals surface area contributed by atoms with Gasteiger partial charge >= 0.3 is 6.09 Å². The van der Waals surface area contributed by atoms with Gasteiger partial charge in [-0.05, 0) is 45.7 Å². The van der Waals surface area contributed by atoms with Gasteiger partial charge in [-0.15, -0.1) is 0 Å². The summed E-state index contributed by atoms with van der Waals surface area (Å²) in [6.07, 6.45) is 0.771. The van der Waals surface area contributed by atoms with Crippen LogP contribution in [-0.4, -0.2) is 42.4 Å². The summed E-state index contributed by atoms with van der Waals surface area (Å²) in [5.74, 6) is -0.919. The number of alkyl carbamates (subject to hydrolysis) is 1.